The van der Waals surface area contributed by atoms with E-state index in [4.69, 9.17) is 22.1 Å². The Kier molecular flexibility index (Phi) is 5.49. The second kappa shape index (κ2) is 7.56. The van der Waals surface area contributed by atoms with E-state index in [1.807, 2.05) is 0 Å². The summed E-state index contributed by atoms with van der Waals surface area (Å²) in [5, 5.41) is 3.79. The van der Waals surface area contributed by atoms with Gasteiger partial charge in [0.1, 0.15) is 12.4 Å². The highest BCUT2D eigenvalue weighted by Gasteiger charge is 2.08. The molecule has 0 bridgehead atoms. The second-order valence-corrected chi connectivity index (χ2v) is 4.96. The SMILES string of the molecule is COC(=O)c1ccc(N)c(NCCOc2ccc(Cl)cc2)c1. The first-order valence-electron chi connectivity index (χ1n) is 6.70. The van der Waals surface area contributed by atoms with E-state index in [0.29, 0.717) is 35.1 Å². The highest BCUT2D eigenvalue weighted by Crippen LogP contribution is 2.20. The van der Waals surface area contributed by atoms with Gasteiger partial charge in [-0.25, -0.2) is 4.79 Å². The lowest BCUT2D eigenvalue weighted by atomic mass is 10.1. The number of carbonyl (C=O) groups excluding carboxylic acids is 1. The molecule has 6 heteroatoms. The van der Waals surface area contributed by atoms with Crippen LogP contribution in [0.15, 0.2) is 42.5 Å². The number of nitrogen functional groups attached to an aromatic ring is 1. The fraction of sp³-hybridized carbons (Fsp3) is 0.188. The summed E-state index contributed by atoms with van der Waals surface area (Å²) < 4.78 is 10.2. The van der Waals surface area contributed by atoms with Gasteiger partial charge in [-0.1, -0.05) is 11.6 Å². The molecule has 22 heavy (non-hydrogen) atoms. The van der Waals surface area contributed by atoms with Crippen LogP contribution in [0.1, 0.15) is 10.4 Å². The number of anilines is 2. The van der Waals surface area contributed by atoms with Crippen molar-refractivity contribution in [1.29, 1.82) is 0 Å². The van der Waals surface area contributed by atoms with Crippen LogP contribution in [0.3, 0.4) is 0 Å². The first kappa shape index (κ1) is 16.0. The van der Waals surface area contributed by atoms with Crippen LogP contribution in [0.2, 0.25) is 5.02 Å². The van der Waals surface area contributed by atoms with Crippen LogP contribution in [0.4, 0.5) is 11.4 Å². The quantitative estimate of drug-likeness (QED) is 0.486. The average Bonchev–Trinajstić information content (AvgIpc) is 2.54. The third kappa shape index (κ3) is 4.30. The van der Waals surface area contributed by atoms with Crippen LogP contribution in [0.25, 0.3) is 0 Å². The van der Waals surface area contributed by atoms with Crippen LogP contribution in [0.5, 0.6) is 5.75 Å². The van der Waals surface area contributed by atoms with Crippen molar-refractivity contribution in [2.45, 2.75) is 0 Å². The Morgan fingerprint density at radius 2 is 1.95 bits per heavy atom. The minimum Gasteiger partial charge on any atom is -0.492 e. The minimum atomic E-state index is -0.402. The van der Waals surface area contributed by atoms with Crippen molar-refractivity contribution in [3.63, 3.8) is 0 Å². The van der Waals surface area contributed by atoms with Gasteiger partial charge in [-0.2, -0.15) is 0 Å². The summed E-state index contributed by atoms with van der Waals surface area (Å²) in [4.78, 5) is 11.5. The molecule has 0 amide bonds. The Hall–Kier alpha value is -2.40. The average molecular weight is 321 g/mol. The normalized spacial score (nSPS) is 10.1. The molecule has 0 aliphatic rings. The summed E-state index contributed by atoms with van der Waals surface area (Å²) in [6.45, 7) is 0.987. The third-order valence-electron chi connectivity index (χ3n) is 2.97. The molecule has 116 valence electrons. The van der Waals surface area contributed by atoms with E-state index in [2.05, 4.69) is 10.1 Å². The van der Waals surface area contributed by atoms with Crippen LogP contribution in [-0.2, 0) is 4.74 Å². The topological polar surface area (TPSA) is 73.6 Å². The van der Waals surface area contributed by atoms with Gasteiger partial charge in [0.05, 0.1) is 24.0 Å². The molecule has 0 saturated heterocycles. The van der Waals surface area contributed by atoms with Gasteiger partial charge in [0.2, 0.25) is 0 Å². The number of hydrogen-bond donors (Lipinski definition) is 2. The summed E-state index contributed by atoms with van der Waals surface area (Å²) in [7, 11) is 1.34. The van der Waals surface area contributed by atoms with Gasteiger partial charge >= 0.3 is 5.97 Å². The number of benzene rings is 2. The number of esters is 1. The molecular formula is C16H17ClN2O3. The molecule has 0 fully saturated rings. The molecule has 0 aromatic heterocycles. The number of nitrogens with one attached hydrogen (secondary N) is 1. The molecule has 2 aromatic carbocycles. The summed E-state index contributed by atoms with van der Waals surface area (Å²) in [5.41, 5.74) is 7.54. The zero-order chi connectivity index (χ0) is 15.9. The fourth-order valence-corrected chi connectivity index (χ4v) is 1.97. The van der Waals surface area contributed by atoms with E-state index < -0.39 is 5.97 Å². The van der Waals surface area contributed by atoms with Crippen molar-refractivity contribution in [2.24, 2.45) is 0 Å². The fourth-order valence-electron chi connectivity index (χ4n) is 1.84. The van der Waals surface area contributed by atoms with Gasteiger partial charge < -0.3 is 20.5 Å². The number of halogens is 1. The van der Waals surface area contributed by atoms with Crippen molar-refractivity contribution < 1.29 is 14.3 Å². The van der Waals surface area contributed by atoms with Gasteiger partial charge in [0.25, 0.3) is 0 Å². The Morgan fingerprint density at radius 3 is 2.64 bits per heavy atom. The molecule has 0 atom stereocenters. The molecule has 2 aromatic rings. The first-order chi connectivity index (χ1) is 10.6. The zero-order valence-electron chi connectivity index (χ0n) is 12.1. The van der Waals surface area contributed by atoms with Crippen molar-refractivity contribution in [2.75, 3.05) is 31.3 Å². The summed E-state index contributed by atoms with van der Waals surface area (Å²) in [5.74, 6) is 0.336. The van der Waals surface area contributed by atoms with Gasteiger partial charge in [0.15, 0.2) is 0 Å². The predicted octanol–water partition coefficient (Wildman–Crippen LogP) is 3.20. The predicted molar refractivity (Wildman–Crippen MR) is 87.6 cm³/mol. The van der Waals surface area contributed by atoms with Crippen LogP contribution in [0, 0.1) is 0 Å². The van der Waals surface area contributed by atoms with Crippen molar-refractivity contribution in [3.8, 4) is 5.75 Å². The standard InChI is InChI=1S/C16H17ClN2O3/c1-21-16(20)11-2-7-14(18)15(10-11)19-8-9-22-13-5-3-12(17)4-6-13/h2-7,10,19H,8-9,18H2,1H3. The number of carbonyl (C=O) groups is 1. The second-order valence-electron chi connectivity index (χ2n) is 4.52. The Labute approximate surface area is 134 Å². The van der Waals surface area contributed by atoms with Gasteiger partial charge in [-0.15, -0.1) is 0 Å². The molecule has 0 saturated carbocycles. The van der Waals surface area contributed by atoms with Gasteiger partial charge in [0, 0.05) is 11.6 Å². The van der Waals surface area contributed by atoms with E-state index >= 15 is 0 Å². The van der Waals surface area contributed by atoms with Crippen molar-refractivity contribution >= 4 is 28.9 Å². The smallest absolute Gasteiger partial charge is 0.337 e. The summed E-state index contributed by atoms with van der Waals surface area (Å²) in [6, 6.07) is 12.1. The molecule has 0 heterocycles. The largest absolute Gasteiger partial charge is 0.492 e. The van der Waals surface area contributed by atoms with Crippen LogP contribution < -0.4 is 15.8 Å². The lowest BCUT2D eigenvalue weighted by Gasteiger charge is -2.11. The third-order valence-corrected chi connectivity index (χ3v) is 3.23. The molecule has 0 aliphatic heterocycles. The van der Waals surface area contributed by atoms with E-state index in [1.165, 1.54) is 7.11 Å². The van der Waals surface area contributed by atoms with Crippen molar-refractivity contribution in [3.05, 3.63) is 53.1 Å². The number of rotatable bonds is 6. The molecular weight excluding hydrogens is 304 g/mol. The maximum Gasteiger partial charge on any atom is 0.337 e. The highest BCUT2D eigenvalue weighted by atomic mass is 35.5. The van der Waals surface area contributed by atoms with E-state index in [-0.39, 0.29) is 0 Å². The highest BCUT2D eigenvalue weighted by molar-refractivity contribution is 6.30. The number of methoxy groups -OCH3 is 1. The van der Waals surface area contributed by atoms with Crippen LogP contribution >= 0.6 is 11.6 Å². The molecule has 3 N–H and O–H groups in total. The molecule has 0 radical (unpaired) electrons. The van der Waals surface area contributed by atoms with Gasteiger partial charge in [-0.05, 0) is 42.5 Å². The van der Waals surface area contributed by atoms with Gasteiger partial charge in [-0.3, -0.25) is 0 Å². The van der Waals surface area contributed by atoms with E-state index in [1.54, 1.807) is 42.5 Å². The zero-order valence-corrected chi connectivity index (χ0v) is 12.9. The Balaban J connectivity index is 1.88. The van der Waals surface area contributed by atoms with E-state index in [0.717, 1.165) is 5.75 Å². The lowest BCUT2D eigenvalue weighted by Crippen LogP contribution is -2.13. The summed E-state index contributed by atoms with van der Waals surface area (Å²) >= 11 is 5.80. The van der Waals surface area contributed by atoms with Crippen molar-refractivity contribution in [1.82, 2.24) is 0 Å². The molecule has 0 aliphatic carbocycles. The van der Waals surface area contributed by atoms with E-state index in [9.17, 15) is 4.79 Å². The Morgan fingerprint density at radius 1 is 1.23 bits per heavy atom. The first-order valence-corrected chi connectivity index (χ1v) is 7.08. The number of ether oxygens (including phenoxy) is 2. The lowest BCUT2D eigenvalue weighted by molar-refractivity contribution is 0.0601. The maximum atomic E-state index is 11.5. The van der Waals surface area contributed by atoms with Crippen LogP contribution in [-0.4, -0.2) is 26.2 Å². The Bertz CT molecular complexity index is 644. The molecule has 5 nitrogen and oxygen atoms in total. The minimum absolute atomic E-state index is 0.402. The maximum absolute atomic E-state index is 11.5. The molecule has 0 spiro atoms. The molecule has 0 unspecified atom stereocenters. The number of hydrogen-bond acceptors (Lipinski definition) is 5. The number of nitrogens with two attached hydrogens (primary N) is 1. The molecule has 2 rings (SSSR count). The summed E-state index contributed by atoms with van der Waals surface area (Å²) in [6.07, 6.45) is 0. The monoisotopic (exact) mass is 320 g/mol.